The van der Waals surface area contributed by atoms with Gasteiger partial charge < -0.3 is 30.7 Å². The first kappa shape index (κ1) is 37.6. The topological polar surface area (TPSA) is 182 Å². The fraction of sp³-hybridized carbons (Fsp3) is 0.828. The Morgan fingerprint density at radius 3 is 1.65 bits per heavy atom. The van der Waals surface area contributed by atoms with E-state index < -0.39 is 29.9 Å². The van der Waals surface area contributed by atoms with E-state index in [9.17, 15) is 29.1 Å². The van der Waals surface area contributed by atoms with Crippen molar-refractivity contribution in [2.24, 2.45) is 5.73 Å². The van der Waals surface area contributed by atoms with Crippen LogP contribution in [0, 0.1) is 0 Å². The zero-order valence-electron chi connectivity index (χ0n) is 24.0. The van der Waals surface area contributed by atoms with Crippen molar-refractivity contribution in [3.05, 3.63) is 0 Å². The van der Waals surface area contributed by atoms with Crippen LogP contribution in [0.4, 0.5) is 0 Å². The van der Waals surface area contributed by atoms with Crippen molar-refractivity contribution < 1.29 is 43.7 Å². The van der Waals surface area contributed by atoms with Crippen molar-refractivity contribution in [3.63, 3.8) is 0 Å². The van der Waals surface area contributed by atoms with Gasteiger partial charge in [0.25, 0.3) is 0 Å². The molecule has 0 aliphatic rings. The van der Waals surface area contributed by atoms with Crippen LogP contribution in [-0.4, -0.2) is 78.6 Å². The second-order valence-electron chi connectivity index (χ2n) is 10.1. The quantitative estimate of drug-likeness (QED) is 0.0732. The molecule has 0 rings (SSSR count). The van der Waals surface area contributed by atoms with E-state index in [0.29, 0.717) is 19.6 Å². The maximum atomic E-state index is 12.2. The Labute approximate surface area is 238 Å². The molecule has 0 aromatic rings. The summed E-state index contributed by atoms with van der Waals surface area (Å²) in [7, 11) is 0. The van der Waals surface area contributed by atoms with Crippen molar-refractivity contribution in [2.75, 3.05) is 26.4 Å². The van der Waals surface area contributed by atoms with Gasteiger partial charge in [0.15, 0.2) is 11.9 Å². The van der Waals surface area contributed by atoms with Gasteiger partial charge in [0.2, 0.25) is 12.2 Å². The predicted octanol–water partition coefficient (Wildman–Crippen LogP) is 3.70. The lowest BCUT2D eigenvalue weighted by atomic mass is 10.0. The number of unbranched alkanes of at least 4 members (excludes halogenated alkanes) is 13. The lowest BCUT2D eigenvalue weighted by Crippen LogP contribution is -2.41. The van der Waals surface area contributed by atoms with Gasteiger partial charge in [-0.25, -0.2) is 4.79 Å². The molecular formula is C29H51N2O9. The highest BCUT2D eigenvalue weighted by atomic mass is 16.5. The first-order valence-corrected chi connectivity index (χ1v) is 14.9. The maximum Gasteiger partial charge on any atom is 0.326 e. The van der Waals surface area contributed by atoms with Crippen molar-refractivity contribution in [1.29, 1.82) is 0 Å². The summed E-state index contributed by atoms with van der Waals surface area (Å²) in [6, 6.07) is -1.21. The Balaban J connectivity index is 3.82. The van der Waals surface area contributed by atoms with Crippen molar-refractivity contribution >= 4 is 29.9 Å². The average Bonchev–Trinajstić information content (AvgIpc) is 2.92. The highest BCUT2D eigenvalue weighted by Gasteiger charge is 2.25. The van der Waals surface area contributed by atoms with Gasteiger partial charge in [0.05, 0.1) is 19.8 Å². The van der Waals surface area contributed by atoms with Crippen LogP contribution in [0.25, 0.3) is 0 Å². The monoisotopic (exact) mass is 571 g/mol. The lowest BCUT2D eigenvalue weighted by Gasteiger charge is -2.15. The minimum Gasteiger partial charge on any atom is -0.481 e. The van der Waals surface area contributed by atoms with Gasteiger partial charge in [0.1, 0.15) is 6.04 Å². The van der Waals surface area contributed by atoms with E-state index in [2.05, 4.69) is 5.32 Å². The van der Waals surface area contributed by atoms with E-state index in [4.69, 9.17) is 20.3 Å². The Hall–Kier alpha value is -2.37. The number of rotatable bonds is 30. The molecule has 40 heavy (non-hydrogen) atoms. The molecule has 2 atom stereocenters. The summed E-state index contributed by atoms with van der Waals surface area (Å²) in [6.45, 7) is 0.838. The van der Waals surface area contributed by atoms with Crippen LogP contribution in [0.15, 0.2) is 0 Å². The molecule has 0 bridgehead atoms. The molecule has 0 aromatic heterocycles. The third-order valence-electron chi connectivity index (χ3n) is 6.53. The fourth-order valence-corrected chi connectivity index (χ4v) is 4.23. The average molecular weight is 572 g/mol. The molecule has 0 aromatic carbocycles. The number of Topliss-reactive ketones (excluding diaryl/α,β-unsaturated/α-hetero) is 1. The molecule has 0 aliphatic heterocycles. The summed E-state index contributed by atoms with van der Waals surface area (Å²) in [5.41, 5.74) is 5.29. The number of nitrogens with two attached hydrogens (primary N) is 1. The lowest BCUT2D eigenvalue weighted by molar-refractivity contribution is -0.142. The van der Waals surface area contributed by atoms with E-state index >= 15 is 0 Å². The molecule has 5 N–H and O–H groups in total. The summed E-state index contributed by atoms with van der Waals surface area (Å²) >= 11 is 0. The number of carbonyl (C=O) groups is 4. The summed E-state index contributed by atoms with van der Waals surface area (Å²) < 4.78 is 10.2. The van der Waals surface area contributed by atoms with Gasteiger partial charge in [-0.3, -0.25) is 19.2 Å². The summed E-state index contributed by atoms with van der Waals surface area (Å²) in [5, 5.41) is 20.5. The molecule has 0 fully saturated rings. The molecular weight excluding hydrogens is 520 g/mol. The normalized spacial score (nSPS) is 12.5. The molecule has 0 heterocycles. The Morgan fingerprint density at radius 1 is 0.700 bits per heavy atom. The highest BCUT2D eigenvalue weighted by molar-refractivity contribution is 5.96. The number of carbonyl (C=O) groups excluding carboxylic acids is 3. The zero-order valence-corrected chi connectivity index (χ0v) is 24.0. The second-order valence-corrected chi connectivity index (χ2v) is 10.1. The molecule has 0 aliphatic carbocycles. The van der Waals surface area contributed by atoms with E-state index in [1.165, 1.54) is 51.2 Å². The smallest absolute Gasteiger partial charge is 0.326 e. The van der Waals surface area contributed by atoms with Gasteiger partial charge >= 0.3 is 11.9 Å². The highest BCUT2D eigenvalue weighted by Crippen LogP contribution is 2.14. The number of hydrogen-bond acceptors (Lipinski definition) is 8. The Kier molecular flexibility index (Phi) is 25.2. The first-order valence-electron chi connectivity index (χ1n) is 14.9. The van der Waals surface area contributed by atoms with Gasteiger partial charge in [0, 0.05) is 25.8 Å². The summed E-state index contributed by atoms with van der Waals surface area (Å²) in [4.78, 5) is 57.4. The molecule has 0 saturated carbocycles. The molecule has 11 heteroatoms. The van der Waals surface area contributed by atoms with Crippen LogP contribution in [-0.2, 0) is 33.4 Å². The first-order chi connectivity index (χ1) is 19.3. The molecule has 1 amide bonds. The predicted molar refractivity (Wildman–Crippen MR) is 151 cm³/mol. The van der Waals surface area contributed by atoms with Crippen LogP contribution < -0.4 is 11.1 Å². The number of ketones is 1. The fourth-order valence-electron chi connectivity index (χ4n) is 4.23. The third-order valence-corrected chi connectivity index (χ3v) is 6.53. The molecule has 231 valence electrons. The third kappa shape index (κ3) is 23.5. The van der Waals surface area contributed by atoms with Gasteiger partial charge in [-0.15, -0.1) is 0 Å². The van der Waals surface area contributed by atoms with Crippen LogP contribution in [0.5, 0.6) is 0 Å². The number of aliphatic carboxylic acids is 2. The number of nitrogens with one attached hydrogen (secondary N) is 1. The number of carboxylic acid groups (broad SMARTS) is 2. The Bertz CT molecular complexity index is 703. The summed E-state index contributed by atoms with van der Waals surface area (Å²) in [5.74, 6) is -2.91. The summed E-state index contributed by atoms with van der Waals surface area (Å²) in [6.07, 6.45) is 15.3. The van der Waals surface area contributed by atoms with Crippen LogP contribution >= 0.6 is 0 Å². The minimum absolute atomic E-state index is 0.00463. The molecule has 1 unspecified atom stereocenters. The molecule has 11 nitrogen and oxygen atoms in total. The molecule has 0 saturated heterocycles. The standard InChI is InChI=1S/C29H51N2O9/c30-19-20-39-21-22-40-26(23-32)25(33)18-17-24(29(37)38)31-27(34)15-13-11-9-7-5-3-1-2-4-6-8-10-12-14-16-28(35)36/h24,26H,1-22,30H2,(H,31,34)(H,35,36)(H,37,38)/t24-,26?/m0/s1. The largest absolute Gasteiger partial charge is 0.481 e. The minimum atomic E-state index is -1.42. The van der Waals surface area contributed by atoms with Crippen molar-refractivity contribution in [2.45, 2.75) is 128 Å². The maximum absolute atomic E-state index is 12.2. The second kappa shape index (κ2) is 26.8. The van der Waals surface area contributed by atoms with E-state index in [-0.39, 0.29) is 44.8 Å². The van der Waals surface area contributed by atoms with E-state index in [0.717, 1.165) is 38.5 Å². The molecule has 0 spiro atoms. The van der Waals surface area contributed by atoms with Crippen molar-refractivity contribution in [3.8, 4) is 0 Å². The van der Waals surface area contributed by atoms with E-state index in [1.54, 1.807) is 0 Å². The van der Waals surface area contributed by atoms with Crippen LogP contribution in [0.2, 0.25) is 0 Å². The van der Waals surface area contributed by atoms with Gasteiger partial charge in [-0.1, -0.05) is 77.0 Å². The molecule has 1 radical (unpaired) electrons. The van der Waals surface area contributed by atoms with E-state index in [1.807, 2.05) is 0 Å². The number of amides is 1. The van der Waals surface area contributed by atoms with Crippen LogP contribution in [0.1, 0.15) is 116 Å². The van der Waals surface area contributed by atoms with Gasteiger partial charge in [-0.05, 0) is 19.3 Å². The number of ether oxygens (including phenoxy) is 2. The van der Waals surface area contributed by atoms with Crippen molar-refractivity contribution in [1.82, 2.24) is 5.32 Å². The Morgan fingerprint density at radius 2 is 1.20 bits per heavy atom. The van der Waals surface area contributed by atoms with Gasteiger partial charge in [-0.2, -0.15) is 0 Å². The number of hydrogen-bond donors (Lipinski definition) is 4. The zero-order chi connectivity index (χ0) is 29.8. The SMILES string of the molecule is NCCOCCOC([C]=O)C(=O)CC[C@H](NC(=O)CCCCCCCCCCCCCCCCC(=O)O)C(=O)O. The number of carboxylic acids is 2. The van der Waals surface area contributed by atoms with Crippen LogP contribution in [0.3, 0.4) is 0 Å².